The number of rotatable bonds is 7. The van der Waals surface area contributed by atoms with E-state index in [4.69, 9.17) is 0 Å². The Kier molecular flexibility index (Phi) is 7.85. The van der Waals surface area contributed by atoms with Gasteiger partial charge in [-0.15, -0.1) is 0 Å². The molecule has 2 nitrogen and oxygen atoms in total. The lowest BCUT2D eigenvalue weighted by molar-refractivity contribution is 1.18. The van der Waals surface area contributed by atoms with Crippen molar-refractivity contribution in [3.63, 3.8) is 0 Å². The molecule has 1 heterocycles. The van der Waals surface area contributed by atoms with E-state index in [2.05, 4.69) is 228 Å². The van der Waals surface area contributed by atoms with Gasteiger partial charge in [0.1, 0.15) is 0 Å². The smallest absolute Gasteiger partial charge is 0.0562 e. The summed E-state index contributed by atoms with van der Waals surface area (Å²) >= 11 is 0. The van der Waals surface area contributed by atoms with Crippen LogP contribution >= 0.6 is 0 Å². The molecule has 0 atom stereocenters. The van der Waals surface area contributed by atoms with Crippen LogP contribution in [-0.4, -0.2) is 4.57 Å². The molecule has 0 saturated carbocycles. The van der Waals surface area contributed by atoms with Gasteiger partial charge in [-0.1, -0.05) is 158 Å². The molecule has 0 fully saturated rings. The van der Waals surface area contributed by atoms with Crippen molar-refractivity contribution in [3.05, 3.63) is 218 Å². The zero-order valence-corrected chi connectivity index (χ0v) is 29.7. The average Bonchev–Trinajstić information content (AvgIpc) is 3.59. The van der Waals surface area contributed by atoms with Crippen LogP contribution in [0.1, 0.15) is 0 Å². The third-order valence-electron chi connectivity index (χ3n) is 10.6. The minimum atomic E-state index is 1.10. The molecule has 54 heavy (non-hydrogen) atoms. The highest BCUT2D eigenvalue weighted by atomic mass is 15.1. The van der Waals surface area contributed by atoms with Gasteiger partial charge in [0, 0.05) is 33.5 Å². The van der Waals surface area contributed by atoms with Crippen molar-refractivity contribution in [3.8, 4) is 39.1 Å². The van der Waals surface area contributed by atoms with Gasteiger partial charge in [-0.25, -0.2) is 0 Å². The highest BCUT2D eigenvalue weighted by molar-refractivity contribution is 6.16. The van der Waals surface area contributed by atoms with Gasteiger partial charge in [0.2, 0.25) is 0 Å². The molecule has 254 valence electrons. The Morgan fingerprint density at radius 3 is 1.72 bits per heavy atom. The van der Waals surface area contributed by atoms with Crippen LogP contribution in [0.4, 0.5) is 17.1 Å². The molecular weight excluding hydrogens is 653 g/mol. The van der Waals surface area contributed by atoms with Crippen molar-refractivity contribution in [1.82, 2.24) is 4.57 Å². The predicted octanol–water partition coefficient (Wildman–Crippen LogP) is 14.4. The number of benzene rings is 9. The summed E-state index contributed by atoms with van der Waals surface area (Å²) in [6.07, 6.45) is 0. The first kappa shape index (κ1) is 31.6. The number of nitrogens with zero attached hydrogens (tertiary/aromatic N) is 2. The molecule has 0 radical (unpaired) electrons. The van der Waals surface area contributed by atoms with Crippen LogP contribution in [0.3, 0.4) is 0 Å². The summed E-state index contributed by atoms with van der Waals surface area (Å²) in [6.45, 7) is 0. The molecule has 10 rings (SSSR count). The fourth-order valence-electron chi connectivity index (χ4n) is 8.08. The Bertz CT molecular complexity index is 2900. The fraction of sp³-hybridized carbons (Fsp3) is 0. The molecular formula is C52H36N2. The summed E-state index contributed by atoms with van der Waals surface area (Å²) in [5.41, 5.74) is 14.1. The van der Waals surface area contributed by atoms with Crippen LogP contribution in [0.15, 0.2) is 218 Å². The first-order chi connectivity index (χ1) is 26.8. The molecule has 9 aromatic carbocycles. The summed E-state index contributed by atoms with van der Waals surface area (Å²) in [7, 11) is 0. The maximum absolute atomic E-state index is 2.42. The van der Waals surface area contributed by atoms with Gasteiger partial charge in [-0.05, 0) is 105 Å². The zero-order valence-electron chi connectivity index (χ0n) is 29.7. The molecule has 0 N–H and O–H groups in total. The highest BCUT2D eigenvalue weighted by Gasteiger charge is 2.20. The Morgan fingerprint density at radius 1 is 0.315 bits per heavy atom. The minimum Gasteiger partial charge on any atom is -0.310 e. The maximum atomic E-state index is 2.42. The molecule has 0 aliphatic heterocycles. The van der Waals surface area contributed by atoms with Gasteiger partial charge < -0.3 is 9.47 Å². The molecule has 1 aromatic heterocycles. The van der Waals surface area contributed by atoms with E-state index in [9.17, 15) is 0 Å². The summed E-state index contributed by atoms with van der Waals surface area (Å²) in [5, 5.41) is 4.98. The Balaban J connectivity index is 1.16. The fourth-order valence-corrected chi connectivity index (χ4v) is 8.08. The normalized spacial score (nSPS) is 11.3. The lowest BCUT2D eigenvalue weighted by Crippen LogP contribution is -2.10. The Morgan fingerprint density at radius 2 is 0.907 bits per heavy atom. The van der Waals surface area contributed by atoms with E-state index in [0.29, 0.717) is 0 Å². The number of para-hydroxylation sites is 2. The predicted molar refractivity (Wildman–Crippen MR) is 229 cm³/mol. The first-order valence-corrected chi connectivity index (χ1v) is 18.5. The Labute approximate surface area is 315 Å². The van der Waals surface area contributed by atoms with Crippen molar-refractivity contribution < 1.29 is 0 Å². The largest absolute Gasteiger partial charge is 0.310 e. The van der Waals surface area contributed by atoms with Gasteiger partial charge in [-0.3, -0.25) is 0 Å². The standard InChI is InChI=1S/C52H36N2/c1-4-15-37(16-5-1)40-19-12-20-41(35-40)48-27-14-28-50-52(48)49-34-33-45(36-51(49)54(50)43-23-8-3-9-24-43)53(42-21-6-2-7-22-42)44-31-29-39(30-32-44)47-26-13-18-38-17-10-11-25-46(38)47/h1-36H. The first-order valence-electron chi connectivity index (χ1n) is 18.5. The van der Waals surface area contributed by atoms with E-state index >= 15 is 0 Å². The minimum absolute atomic E-state index is 1.10. The van der Waals surface area contributed by atoms with Gasteiger partial charge in [0.15, 0.2) is 0 Å². The average molecular weight is 689 g/mol. The molecule has 0 bridgehead atoms. The van der Waals surface area contributed by atoms with Gasteiger partial charge in [-0.2, -0.15) is 0 Å². The summed E-state index contributed by atoms with van der Waals surface area (Å²) < 4.78 is 2.42. The quantitative estimate of drug-likeness (QED) is 0.162. The van der Waals surface area contributed by atoms with Gasteiger partial charge in [0.25, 0.3) is 0 Å². The van der Waals surface area contributed by atoms with Crippen LogP contribution in [0, 0.1) is 0 Å². The van der Waals surface area contributed by atoms with Crippen LogP contribution in [0.25, 0.3) is 71.6 Å². The lowest BCUT2D eigenvalue weighted by atomic mass is 9.96. The molecule has 2 heteroatoms. The second-order valence-corrected chi connectivity index (χ2v) is 13.8. The second-order valence-electron chi connectivity index (χ2n) is 13.8. The van der Waals surface area contributed by atoms with E-state index in [-0.39, 0.29) is 0 Å². The van der Waals surface area contributed by atoms with Crippen LogP contribution in [0.5, 0.6) is 0 Å². The number of fused-ring (bicyclic) bond motifs is 4. The molecule has 0 spiro atoms. The Hall–Kier alpha value is -7.16. The molecule has 0 aliphatic carbocycles. The maximum Gasteiger partial charge on any atom is 0.0562 e. The summed E-state index contributed by atoms with van der Waals surface area (Å²) in [4.78, 5) is 2.36. The van der Waals surface area contributed by atoms with E-state index in [0.717, 1.165) is 28.3 Å². The molecule has 0 aliphatic rings. The second kappa shape index (κ2) is 13.4. The molecule has 0 amide bonds. The number of hydrogen-bond acceptors (Lipinski definition) is 1. The lowest BCUT2D eigenvalue weighted by Gasteiger charge is -2.26. The summed E-state index contributed by atoms with van der Waals surface area (Å²) in [5.74, 6) is 0. The van der Waals surface area contributed by atoms with Crippen molar-refractivity contribution in [2.45, 2.75) is 0 Å². The van der Waals surface area contributed by atoms with E-state index in [1.54, 1.807) is 0 Å². The van der Waals surface area contributed by atoms with Crippen LogP contribution < -0.4 is 4.90 Å². The van der Waals surface area contributed by atoms with Crippen molar-refractivity contribution in [2.24, 2.45) is 0 Å². The van der Waals surface area contributed by atoms with Crippen molar-refractivity contribution in [1.29, 1.82) is 0 Å². The van der Waals surface area contributed by atoms with Gasteiger partial charge in [0.05, 0.1) is 11.0 Å². The highest BCUT2D eigenvalue weighted by Crippen LogP contribution is 2.43. The van der Waals surface area contributed by atoms with E-state index in [1.807, 2.05) is 0 Å². The molecule has 10 aromatic rings. The van der Waals surface area contributed by atoms with Crippen LogP contribution in [-0.2, 0) is 0 Å². The number of aromatic nitrogens is 1. The number of hydrogen-bond donors (Lipinski definition) is 0. The van der Waals surface area contributed by atoms with Gasteiger partial charge >= 0.3 is 0 Å². The monoisotopic (exact) mass is 688 g/mol. The van der Waals surface area contributed by atoms with Crippen molar-refractivity contribution in [2.75, 3.05) is 4.90 Å². The molecule has 0 saturated heterocycles. The SMILES string of the molecule is c1ccc(-c2cccc(-c3cccc4c3c3ccc(N(c5ccccc5)c5ccc(-c6cccc7ccccc67)cc5)cc3n4-c3ccccc3)c2)cc1. The number of anilines is 3. The summed E-state index contributed by atoms with van der Waals surface area (Å²) in [6, 6.07) is 78.8. The third kappa shape index (κ3) is 5.53. The van der Waals surface area contributed by atoms with Crippen molar-refractivity contribution >= 4 is 49.6 Å². The topological polar surface area (TPSA) is 8.17 Å². The third-order valence-corrected chi connectivity index (χ3v) is 10.6. The van der Waals surface area contributed by atoms with E-state index in [1.165, 1.54) is 60.4 Å². The molecule has 0 unspecified atom stereocenters. The zero-order chi connectivity index (χ0) is 35.8. The van der Waals surface area contributed by atoms with E-state index < -0.39 is 0 Å². The van der Waals surface area contributed by atoms with Crippen LogP contribution in [0.2, 0.25) is 0 Å².